The maximum absolute atomic E-state index is 2.89. The van der Waals surface area contributed by atoms with Gasteiger partial charge in [0.1, 0.15) is 0 Å². The lowest BCUT2D eigenvalue weighted by molar-refractivity contribution is -0.0415. The number of anilines is 8. The van der Waals surface area contributed by atoms with Crippen molar-refractivity contribution in [1.82, 2.24) is 0 Å². The minimum atomic E-state index is -0.372. The van der Waals surface area contributed by atoms with Crippen molar-refractivity contribution in [3.63, 3.8) is 0 Å². The molecule has 1 fully saturated rings. The average molecular weight is 1130 g/mol. The van der Waals surface area contributed by atoms with Crippen molar-refractivity contribution >= 4 is 68.6 Å². The second-order valence-electron chi connectivity index (χ2n) is 31.6. The minimum Gasteiger partial charge on any atom is -0.334 e. The summed E-state index contributed by atoms with van der Waals surface area (Å²) in [4.78, 5) is 8.31. The van der Waals surface area contributed by atoms with E-state index in [0.717, 1.165) is 12.8 Å². The molecule has 2 atom stereocenters. The number of hydrogen-bond donors (Lipinski definition) is 0. The highest BCUT2D eigenvalue weighted by molar-refractivity contribution is 7.00. The fourth-order valence-electron chi connectivity index (χ4n) is 15.8. The van der Waals surface area contributed by atoms with E-state index < -0.39 is 0 Å². The molecule has 0 radical (unpaired) electrons. The number of nitrogens with zero attached hydrogens (tertiary/aromatic N) is 3. The molecule has 9 aromatic rings. The molecule has 436 valence electrons. The molecule has 0 N–H and O–H groups in total. The van der Waals surface area contributed by atoms with Gasteiger partial charge in [-0.1, -0.05) is 257 Å². The van der Waals surface area contributed by atoms with Gasteiger partial charge in [-0.25, -0.2) is 0 Å². The van der Waals surface area contributed by atoms with Gasteiger partial charge in [0, 0.05) is 50.7 Å². The van der Waals surface area contributed by atoms with E-state index in [-0.39, 0.29) is 50.2 Å². The minimum absolute atomic E-state index is 0.0289. The topological polar surface area (TPSA) is 9.72 Å². The molecule has 1 saturated carbocycles. The molecule has 2 unspecified atom stereocenters. The van der Waals surface area contributed by atoms with Crippen molar-refractivity contribution in [3.05, 3.63) is 222 Å². The smallest absolute Gasteiger partial charge is 0.252 e. The Bertz CT molecular complexity index is 4140. The third-order valence-corrected chi connectivity index (χ3v) is 21.8. The normalized spacial score (nSPS) is 19.4. The number of fused-ring (bicyclic) bond motifs is 7. The van der Waals surface area contributed by atoms with Crippen molar-refractivity contribution in [2.24, 2.45) is 10.8 Å². The molecule has 0 saturated heterocycles. The van der Waals surface area contributed by atoms with Crippen molar-refractivity contribution in [3.8, 4) is 33.4 Å². The molecule has 0 spiro atoms. The van der Waals surface area contributed by atoms with Gasteiger partial charge in [-0.2, -0.15) is 0 Å². The van der Waals surface area contributed by atoms with Crippen LogP contribution in [0.2, 0.25) is 0 Å². The van der Waals surface area contributed by atoms with Gasteiger partial charge >= 0.3 is 0 Å². The SMILES string of the molecule is CC(C)(C)c1ccc(N2c3cc(-c4ccccc4)ccc3B3c4ccc(C(C)(C)C)cc4N(c4ccc(C(C)(C)C)cc4-c4ccccc4)c4cc(N5c6ccc(C(C)(C)C)cc6C6(C)C(C)(C)CCC(C)(C)C56C)cc2c43)c(-c2ccccc2)c1. The zero-order valence-corrected chi connectivity index (χ0v) is 54.8. The van der Waals surface area contributed by atoms with E-state index in [1.165, 1.54) is 123 Å². The van der Waals surface area contributed by atoms with E-state index in [0.29, 0.717) is 0 Å². The standard InChI is InChI=1S/C82H90BN3/c1-75(2,3)57-36-41-67(62(47-57)54-30-24-20-25-31-54)84-70-46-56(53-28-22-19-23-29-53)34-39-65(70)83-66-40-35-60(78(10,11)12)50-71(66)85(68-42-37-58(76(4,5)6)48-63(68)55-32-26-21-27-33-55)73-52-61(51-72(84)74(73)83)86-69-43-38-59(77(7,8)9)49-64(69)81(17)79(13,14)44-45-80(15,16)82(81,86)18/h19-43,46-52H,44-45H2,1-18H3. The zero-order chi connectivity index (χ0) is 61.1. The fraction of sp³-hybridized carbons (Fsp3) is 0.341. The van der Waals surface area contributed by atoms with Gasteiger partial charge in [-0.15, -0.1) is 0 Å². The summed E-state index contributed by atoms with van der Waals surface area (Å²) in [6.45, 7) is 43.8. The Kier molecular flexibility index (Phi) is 13.0. The van der Waals surface area contributed by atoms with Crippen molar-refractivity contribution in [1.29, 1.82) is 0 Å². The zero-order valence-electron chi connectivity index (χ0n) is 54.8. The van der Waals surface area contributed by atoms with E-state index in [1.807, 2.05) is 0 Å². The Morgan fingerprint density at radius 2 is 0.733 bits per heavy atom. The number of benzene rings is 9. The third kappa shape index (κ3) is 8.72. The second kappa shape index (κ2) is 19.5. The first kappa shape index (κ1) is 57.5. The van der Waals surface area contributed by atoms with E-state index >= 15 is 0 Å². The van der Waals surface area contributed by atoms with Gasteiger partial charge in [0.25, 0.3) is 6.71 Å². The molecule has 4 aliphatic rings. The van der Waals surface area contributed by atoms with Gasteiger partial charge in [0.05, 0.1) is 16.9 Å². The molecular weight excluding hydrogens is 1040 g/mol. The Labute approximate surface area is 516 Å². The van der Waals surface area contributed by atoms with Crippen LogP contribution in [0.4, 0.5) is 45.5 Å². The van der Waals surface area contributed by atoms with E-state index in [9.17, 15) is 0 Å². The van der Waals surface area contributed by atoms with Crippen LogP contribution in [0.3, 0.4) is 0 Å². The van der Waals surface area contributed by atoms with Gasteiger partial charge in [0.2, 0.25) is 0 Å². The molecule has 4 heteroatoms. The van der Waals surface area contributed by atoms with Crippen LogP contribution in [0.15, 0.2) is 194 Å². The summed E-state index contributed by atoms with van der Waals surface area (Å²) in [5, 5.41) is 0. The van der Waals surface area contributed by atoms with Gasteiger partial charge in [0.15, 0.2) is 0 Å². The van der Waals surface area contributed by atoms with Crippen LogP contribution in [0.1, 0.15) is 165 Å². The summed E-state index contributed by atoms with van der Waals surface area (Å²) in [5.74, 6) is 0. The summed E-state index contributed by atoms with van der Waals surface area (Å²) in [7, 11) is 0. The van der Waals surface area contributed by atoms with E-state index in [2.05, 4.69) is 333 Å². The summed E-state index contributed by atoms with van der Waals surface area (Å²) in [6.07, 6.45) is 2.26. The van der Waals surface area contributed by atoms with Crippen molar-refractivity contribution in [2.75, 3.05) is 14.7 Å². The lowest BCUT2D eigenvalue weighted by atomic mass is 9.33. The molecule has 9 aromatic carbocycles. The van der Waals surface area contributed by atoms with Gasteiger partial charge in [-0.3, -0.25) is 0 Å². The Morgan fingerprint density at radius 3 is 1.21 bits per heavy atom. The highest BCUT2D eigenvalue weighted by atomic mass is 15.3. The third-order valence-electron chi connectivity index (χ3n) is 21.8. The molecule has 3 heterocycles. The first-order valence-corrected chi connectivity index (χ1v) is 31.9. The molecule has 0 amide bonds. The van der Waals surface area contributed by atoms with Crippen LogP contribution in [-0.2, 0) is 27.1 Å². The number of rotatable bonds is 6. The van der Waals surface area contributed by atoms with E-state index in [1.54, 1.807) is 0 Å². The highest BCUT2D eigenvalue weighted by Crippen LogP contribution is 2.72. The molecule has 1 aliphatic carbocycles. The first-order chi connectivity index (χ1) is 40.4. The molecule has 86 heavy (non-hydrogen) atoms. The molecule has 0 aromatic heterocycles. The molecule has 3 nitrogen and oxygen atoms in total. The summed E-state index contributed by atoms with van der Waals surface area (Å²) in [6, 6.07) is 75.9. The average Bonchev–Trinajstić information content (AvgIpc) is 1.41. The Morgan fingerprint density at radius 1 is 0.337 bits per heavy atom. The monoisotopic (exact) mass is 1130 g/mol. The first-order valence-electron chi connectivity index (χ1n) is 31.9. The van der Waals surface area contributed by atoms with Crippen molar-refractivity contribution < 1.29 is 0 Å². The van der Waals surface area contributed by atoms with Crippen LogP contribution >= 0.6 is 0 Å². The molecule has 3 aliphatic heterocycles. The second-order valence-corrected chi connectivity index (χ2v) is 31.6. The van der Waals surface area contributed by atoms with Crippen molar-refractivity contribution in [2.45, 2.75) is 170 Å². The van der Waals surface area contributed by atoms with E-state index in [4.69, 9.17) is 0 Å². The molecule has 13 rings (SSSR count). The van der Waals surface area contributed by atoms with Crippen LogP contribution in [0.5, 0.6) is 0 Å². The highest BCUT2D eigenvalue weighted by Gasteiger charge is 2.70. The molecular formula is C82H90BN3. The lowest BCUT2D eigenvalue weighted by Gasteiger charge is -2.65. The van der Waals surface area contributed by atoms with Crippen LogP contribution in [0.25, 0.3) is 33.4 Å². The van der Waals surface area contributed by atoms with Crippen LogP contribution < -0.4 is 31.1 Å². The maximum Gasteiger partial charge on any atom is 0.252 e. The fourth-order valence-corrected chi connectivity index (χ4v) is 15.8. The largest absolute Gasteiger partial charge is 0.334 e. The summed E-state index contributed by atoms with van der Waals surface area (Å²) < 4.78 is 0. The summed E-state index contributed by atoms with van der Waals surface area (Å²) in [5.41, 5.74) is 26.7. The van der Waals surface area contributed by atoms with Crippen LogP contribution in [-0.4, -0.2) is 12.3 Å². The Hall–Kier alpha value is -7.56. The van der Waals surface area contributed by atoms with Gasteiger partial charge < -0.3 is 14.7 Å². The molecule has 0 bridgehead atoms. The number of hydrogen-bond acceptors (Lipinski definition) is 3. The van der Waals surface area contributed by atoms with Gasteiger partial charge in [-0.05, 0) is 173 Å². The lowest BCUT2D eigenvalue weighted by Crippen LogP contribution is -2.69. The Balaban J connectivity index is 1.23. The predicted octanol–water partition coefficient (Wildman–Crippen LogP) is 21.0. The quantitative estimate of drug-likeness (QED) is 0.154. The predicted molar refractivity (Wildman–Crippen MR) is 373 cm³/mol. The van der Waals surface area contributed by atoms with Crippen LogP contribution in [0, 0.1) is 10.8 Å². The maximum atomic E-state index is 2.89. The summed E-state index contributed by atoms with van der Waals surface area (Å²) >= 11 is 0.